The molecule has 0 amide bonds. The Morgan fingerprint density at radius 2 is 1.68 bits per heavy atom. The van der Waals surface area contributed by atoms with Gasteiger partial charge in [0, 0.05) is 5.92 Å². The van der Waals surface area contributed by atoms with Gasteiger partial charge in [-0.25, -0.2) is 4.98 Å². The number of nitrogens with one attached hydrogen (secondary N) is 1. The van der Waals surface area contributed by atoms with Crippen LogP contribution in [0.2, 0.25) is 0 Å². The van der Waals surface area contributed by atoms with Gasteiger partial charge >= 0.3 is 0 Å². The first-order chi connectivity index (χ1) is 13.8. The number of rotatable bonds is 3. The van der Waals surface area contributed by atoms with Crippen LogP contribution in [0.15, 0.2) is 42.6 Å². The zero-order valence-corrected chi connectivity index (χ0v) is 16.7. The van der Waals surface area contributed by atoms with Crippen molar-refractivity contribution in [2.45, 2.75) is 63.7 Å². The fourth-order valence-electron chi connectivity index (χ4n) is 5.89. The molecule has 3 aromatic rings. The van der Waals surface area contributed by atoms with E-state index in [2.05, 4.69) is 53.3 Å². The summed E-state index contributed by atoms with van der Waals surface area (Å²) in [6, 6.07) is 13.8. The molecule has 2 saturated carbocycles. The van der Waals surface area contributed by atoms with E-state index in [1.807, 2.05) is 6.20 Å². The van der Waals surface area contributed by atoms with Gasteiger partial charge in [0.1, 0.15) is 5.82 Å². The molecule has 2 fully saturated rings. The van der Waals surface area contributed by atoms with E-state index in [0.29, 0.717) is 5.92 Å². The molecule has 2 heteroatoms. The number of fused-ring (bicyclic) bond motifs is 3. The van der Waals surface area contributed by atoms with Crippen LogP contribution in [0.25, 0.3) is 22.4 Å². The van der Waals surface area contributed by atoms with E-state index in [-0.39, 0.29) is 0 Å². The van der Waals surface area contributed by atoms with Crippen molar-refractivity contribution in [3.63, 3.8) is 0 Å². The minimum atomic E-state index is 0.638. The lowest BCUT2D eigenvalue weighted by Gasteiger charge is -2.31. The number of imidazole rings is 1. The molecule has 2 atom stereocenters. The zero-order chi connectivity index (χ0) is 18.7. The highest BCUT2D eigenvalue weighted by molar-refractivity contribution is 5.74. The van der Waals surface area contributed by atoms with Crippen LogP contribution in [-0.4, -0.2) is 9.97 Å². The van der Waals surface area contributed by atoms with Gasteiger partial charge in [-0.2, -0.15) is 0 Å². The smallest absolute Gasteiger partial charge is 0.109 e. The van der Waals surface area contributed by atoms with Gasteiger partial charge in [-0.3, -0.25) is 0 Å². The van der Waals surface area contributed by atoms with Crippen molar-refractivity contribution in [2.75, 3.05) is 0 Å². The van der Waals surface area contributed by atoms with Crippen molar-refractivity contribution in [1.82, 2.24) is 9.97 Å². The molecule has 1 heterocycles. The average Bonchev–Trinajstić information content (AvgIpc) is 3.42. The SMILES string of the molecule is Cc1ccc(-c2ccc(-c3cnc(C4CCCC4)[nH]3)cc2)c2c1CC1CCC21. The summed E-state index contributed by atoms with van der Waals surface area (Å²) in [5, 5.41) is 0. The summed E-state index contributed by atoms with van der Waals surface area (Å²) in [5.74, 6) is 3.54. The van der Waals surface area contributed by atoms with Crippen LogP contribution in [-0.2, 0) is 6.42 Å². The molecule has 0 saturated heterocycles. The van der Waals surface area contributed by atoms with Crippen LogP contribution in [0.4, 0.5) is 0 Å². The fourth-order valence-corrected chi connectivity index (χ4v) is 5.89. The number of aromatic amines is 1. The Labute approximate surface area is 167 Å². The molecule has 2 aromatic carbocycles. The van der Waals surface area contributed by atoms with Crippen LogP contribution in [0.1, 0.15) is 72.9 Å². The number of benzene rings is 2. The number of nitrogens with zero attached hydrogens (tertiary/aromatic N) is 1. The Hall–Kier alpha value is -2.35. The molecule has 1 N–H and O–H groups in total. The molecule has 0 spiro atoms. The number of hydrogen-bond donors (Lipinski definition) is 1. The third kappa shape index (κ3) is 2.50. The number of aryl methyl sites for hydroxylation is 1. The first kappa shape index (κ1) is 16.6. The molecule has 142 valence electrons. The van der Waals surface area contributed by atoms with Crippen molar-refractivity contribution in [3.8, 4) is 22.4 Å². The molecule has 6 rings (SSSR count). The van der Waals surface area contributed by atoms with Crippen LogP contribution in [0.5, 0.6) is 0 Å². The highest BCUT2D eigenvalue weighted by atomic mass is 14.9. The monoisotopic (exact) mass is 368 g/mol. The lowest BCUT2D eigenvalue weighted by Crippen LogP contribution is -2.19. The summed E-state index contributed by atoms with van der Waals surface area (Å²) in [4.78, 5) is 8.27. The Morgan fingerprint density at radius 1 is 0.893 bits per heavy atom. The van der Waals surface area contributed by atoms with E-state index < -0.39 is 0 Å². The largest absolute Gasteiger partial charge is 0.342 e. The summed E-state index contributed by atoms with van der Waals surface area (Å²) < 4.78 is 0. The summed E-state index contributed by atoms with van der Waals surface area (Å²) in [5.41, 5.74) is 10.0. The number of H-pyrrole nitrogens is 1. The zero-order valence-electron chi connectivity index (χ0n) is 16.7. The molecule has 1 aromatic heterocycles. The predicted molar refractivity (Wildman–Crippen MR) is 115 cm³/mol. The maximum atomic E-state index is 4.68. The summed E-state index contributed by atoms with van der Waals surface area (Å²) >= 11 is 0. The summed E-state index contributed by atoms with van der Waals surface area (Å²) in [7, 11) is 0. The predicted octanol–water partition coefficient (Wildman–Crippen LogP) is 6.76. The Kier molecular flexibility index (Phi) is 3.75. The molecular formula is C26H28N2. The van der Waals surface area contributed by atoms with Crippen molar-refractivity contribution < 1.29 is 0 Å². The van der Waals surface area contributed by atoms with Crippen LogP contribution < -0.4 is 0 Å². The molecule has 0 aliphatic heterocycles. The molecule has 0 radical (unpaired) electrons. The van der Waals surface area contributed by atoms with Crippen molar-refractivity contribution in [3.05, 3.63) is 65.1 Å². The standard InChI is InChI=1S/C26H28N2/c1-16-6-12-21(25-22-13-11-20(22)14-23(16)25)17-7-9-18(10-8-17)24-15-27-26(28-24)19-4-2-3-5-19/h6-10,12,15,19-20,22H,2-5,11,13-14H2,1H3,(H,27,28). The van der Waals surface area contributed by atoms with E-state index in [1.165, 1.54) is 73.0 Å². The topological polar surface area (TPSA) is 28.7 Å². The highest BCUT2D eigenvalue weighted by Gasteiger charge is 2.41. The third-order valence-corrected chi connectivity index (χ3v) is 7.69. The van der Waals surface area contributed by atoms with E-state index >= 15 is 0 Å². The summed E-state index contributed by atoms with van der Waals surface area (Å²) in [6.07, 6.45) is 11.4. The van der Waals surface area contributed by atoms with E-state index in [1.54, 1.807) is 11.1 Å². The normalized spacial score (nSPS) is 23.5. The van der Waals surface area contributed by atoms with Gasteiger partial charge in [-0.15, -0.1) is 0 Å². The van der Waals surface area contributed by atoms with E-state index in [0.717, 1.165) is 17.5 Å². The Morgan fingerprint density at radius 3 is 2.43 bits per heavy atom. The molecular weight excluding hydrogens is 340 g/mol. The molecule has 2 unspecified atom stereocenters. The molecule has 2 nitrogen and oxygen atoms in total. The Bertz CT molecular complexity index is 1020. The molecule has 3 aliphatic rings. The quantitative estimate of drug-likeness (QED) is 0.543. The Balaban J connectivity index is 1.32. The van der Waals surface area contributed by atoms with Gasteiger partial charge in [-0.1, -0.05) is 49.2 Å². The van der Waals surface area contributed by atoms with Gasteiger partial charge in [0.2, 0.25) is 0 Å². The first-order valence-electron chi connectivity index (χ1n) is 11.1. The minimum absolute atomic E-state index is 0.638. The van der Waals surface area contributed by atoms with Crippen LogP contribution in [0.3, 0.4) is 0 Å². The molecule has 3 aliphatic carbocycles. The second-order valence-electron chi connectivity index (χ2n) is 9.21. The van der Waals surface area contributed by atoms with Gasteiger partial charge in [-0.05, 0) is 84.2 Å². The lowest BCUT2D eigenvalue weighted by molar-refractivity contribution is 0.281. The molecule has 0 bridgehead atoms. The van der Waals surface area contributed by atoms with Gasteiger partial charge in [0.15, 0.2) is 0 Å². The van der Waals surface area contributed by atoms with E-state index in [4.69, 9.17) is 0 Å². The third-order valence-electron chi connectivity index (χ3n) is 7.69. The maximum absolute atomic E-state index is 4.68. The fraction of sp³-hybridized carbons (Fsp3) is 0.423. The second kappa shape index (κ2) is 6.34. The van der Waals surface area contributed by atoms with Crippen LogP contribution >= 0.6 is 0 Å². The lowest BCUT2D eigenvalue weighted by atomic mass is 9.73. The van der Waals surface area contributed by atoms with Crippen molar-refractivity contribution in [2.24, 2.45) is 5.92 Å². The average molecular weight is 369 g/mol. The van der Waals surface area contributed by atoms with Crippen molar-refractivity contribution in [1.29, 1.82) is 0 Å². The van der Waals surface area contributed by atoms with Crippen molar-refractivity contribution >= 4 is 0 Å². The minimum Gasteiger partial charge on any atom is -0.342 e. The van der Waals surface area contributed by atoms with Gasteiger partial charge in [0.25, 0.3) is 0 Å². The van der Waals surface area contributed by atoms with E-state index in [9.17, 15) is 0 Å². The second-order valence-corrected chi connectivity index (χ2v) is 9.21. The van der Waals surface area contributed by atoms with Gasteiger partial charge < -0.3 is 4.98 Å². The first-order valence-corrected chi connectivity index (χ1v) is 11.1. The maximum Gasteiger partial charge on any atom is 0.109 e. The highest BCUT2D eigenvalue weighted by Crippen LogP contribution is 2.54. The summed E-state index contributed by atoms with van der Waals surface area (Å²) in [6.45, 7) is 2.29. The molecule has 28 heavy (non-hydrogen) atoms. The van der Waals surface area contributed by atoms with Crippen LogP contribution in [0, 0.1) is 12.8 Å². The number of hydrogen-bond acceptors (Lipinski definition) is 1. The van der Waals surface area contributed by atoms with Gasteiger partial charge in [0.05, 0.1) is 11.9 Å². The number of aromatic nitrogens is 2.